The van der Waals surface area contributed by atoms with Gasteiger partial charge in [-0.05, 0) is 26.7 Å². The van der Waals surface area contributed by atoms with Crippen molar-refractivity contribution in [1.82, 2.24) is 6.15 Å². The van der Waals surface area contributed by atoms with Gasteiger partial charge in [-0.3, -0.25) is 0 Å². The minimum Gasteiger partial charge on any atom is -0.550 e. The number of carbonyl (C=O) groups is 3. The predicted octanol–water partition coefficient (Wildman–Crippen LogP) is 1.13. The number of ether oxygens (including phenoxy) is 2. The van der Waals surface area contributed by atoms with Crippen molar-refractivity contribution in [2.24, 2.45) is 5.41 Å². The molecule has 7 nitrogen and oxygen atoms in total. The number of hydrogen-bond acceptors (Lipinski definition) is 6. The highest BCUT2D eigenvalue weighted by molar-refractivity contribution is 5.81. The number of carboxylic acids is 1. The summed E-state index contributed by atoms with van der Waals surface area (Å²) in [4.78, 5) is 33.6. The maximum absolute atomic E-state index is 11.4. The first-order chi connectivity index (χ1) is 9.64. The Balaban J connectivity index is 0. The van der Waals surface area contributed by atoms with Gasteiger partial charge in [-0.1, -0.05) is 20.1 Å². The second-order valence-electron chi connectivity index (χ2n) is 5.16. The highest BCUT2D eigenvalue weighted by Gasteiger charge is 2.32. The zero-order chi connectivity index (χ0) is 16.6. The van der Waals surface area contributed by atoms with Crippen LogP contribution in [0.3, 0.4) is 0 Å². The summed E-state index contributed by atoms with van der Waals surface area (Å²) in [6.07, 6.45) is 0.791. The van der Waals surface area contributed by atoms with Crippen molar-refractivity contribution in [2.45, 2.75) is 45.8 Å². The van der Waals surface area contributed by atoms with Crippen molar-refractivity contribution < 1.29 is 29.0 Å². The molecule has 0 aliphatic rings. The van der Waals surface area contributed by atoms with E-state index in [1.807, 2.05) is 0 Å². The first kappa shape index (κ1) is 22.1. The first-order valence-corrected chi connectivity index (χ1v) is 6.52. The van der Waals surface area contributed by atoms with Crippen molar-refractivity contribution in [3.63, 3.8) is 0 Å². The molecule has 0 spiro atoms. The molecule has 2 atom stereocenters. The van der Waals surface area contributed by atoms with Gasteiger partial charge in [0, 0.05) is 23.5 Å². The number of esters is 2. The highest BCUT2D eigenvalue weighted by atomic mass is 16.5. The molecule has 2 unspecified atom stereocenters. The third-order valence-electron chi connectivity index (χ3n) is 2.94. The molecule has 0 aromatic carbocycles. The van der Waals surface area contributed by atoms with Gasteiger partial charge in [-0.25, -0.2) is 9.59 Å². The second-order valence-corrected chi connectivity index (χ2v) is 5.16. The van der Waals surface area contributed by atoms with E-state index in [1.165, 1.54) is 6.92 Å². The molecule has 22 heavy (non-hydrogen) atoms. The van der Waals surface area contributed by atoms with Gasteiger partial charge in [0.15, 0.2) is 0 Å². The Morgan fingerprint density at radius 1 is 1.05 bits per heavy atom. The first-order valence-electron chi connectivity index (χ1n) is 6.52. The summed E-state index contributed by atoms with van der Waals surface area (Å²) in [6, 6.07) is 0. The van der Waals surface area contributed by atoms with Crippen LogP contribution in [0.4, 0.5) is 0 Å². The van der Waals surface area contributed by atoms with Crippen LogP contribution in [0.5, 0.6) is 0 Å². The number of quaternary nitrogens is 1. The van der Waals surface area contributed by atoms with Crippen LogP contribution in [0.2, 0.25) is 0 Å². The lowest BCUT2D eigenvalue weighted by Crippen LogP contribution is -2.44. The average Bonchev–Trinajstić information content (AvgIpc) is 2.37. The Bertz CT molecular complexity index is 402. The van der Waals surface area contributed by atoms with E-state index in [0.29, 0.717) is 0 Å². The molecule has 7 heteroatoms. The number of aliphatic carboxylic acids is 1. The average molecular weight is 315 g/mol. The van der Waals surface area contributed by atoms with E-state index >= 15 is 0 Å². The summed E-state index contributed by atoms with van der Waals surface area (Å²) in [5, 5.41) is 11.4. The standard InChI is InChI=1S/C15H22O6.H3N/c1-6-12(16)20-10(3)8-15(5,14(18)19)9-11(4)21-13(17)7-2;/h6-7,10-11H,1-2,8-9H2,3-5H3,(H,18,19);1H3. The van der Waals surface area contributed by atoms with E-state index in [1.54, 1.807) is 13.8 Å². The van der Waals surface area contributed by atoms with E-state index in [9.17, 15) is 19.5 Å². The van der Waals surface area contributed by atoms with Gasteiger partial charge >= 0.3 is 11.9 Å². The molecular formula is C15H25NO6. The summed E-state index contributed by atoms with van der Waals surface area (Å²) in [6.45, 7) is 11.1. The van der Waals surface area contributed by atoms with Crippen molar-refractivity contribution in [2.75, 3.05) is 0 Å². The van der Waals surface area contributed by atoms with Crippen molar-refractivity contribution in [3.05, 3.63) is 25.3 Å². The molecule has 0 aromatic rings. The van der Waals surface area contributed by atoms with Crippen LogP contribution in [0.15, 0.2) is 25.3 Å². The molecule has 0 saturated heterocycles. The molecule has 0 aliphatic heterocycles. The topological polar surface area (TPSA) is 129 Å². The smallest absolute Gasteiger partial charge is 0.330 e. The van der Waals surface area contributed by atoms with Crippen molar-refractivity contribution in [1.29, 1.82) is 0 Å². The molecule has 0 aliphatic carbocycles. The summed E-state index contributed by atoms with van der Waals surface area (Å²) < 4.78 is 9.91. The Morgan fingerprint density at radius 2 is 1.36 bits per heavy atom. The molecule has 0 rings (SSSR count). The molecule has 0 saturated carbocycles. The summed E-state index contributed by atoms with van der Waals surface area (Å²) in [5.41, 5.74) is -1.30. The maximum Gasteiger partial charge on any atom is 0.330 e. The van der Waals surface area contributed by atoms with Gasteiger partial charge in [0.05, 0.1) is 0 Å². The highest BCUT2D eigenvalue weighted by Crippen LogP contribution is 2.30. The normalized spacial score (nSPS) is 15.2. The molecule has 0 heterocycles. The fourth-order valence-corrected chi connectivity index (χ4v) is 2.10. The maximum atomic E-state index is 11.4. The summed E-state index contributed by atoms with van der Waals surface area (Å²) >= 11 is 0. The van der Waals surface area contributed by atoms with Crippen LogP contribution in [-0.2, 0) is 23.9 Å². The van der Waals surface area contributed by atoms with Gasteiger partial charge in [0.1, 0.15) is 12.2 Å². The lowest BCUT2D eigenvalue weighted by molar-refractivity contribution is -0.320. The number of carboxylic acid groups (broad SMARTS) is 1. The molecule has 126 valence electrons. The Labute approximate surface area is 130 Å². The van der Waals surface area contributed by atoms with E-state index in [0.717, 1.165) is 12.2 Å². The van der Waals surface area contributed by atoms with E-state index in [4.69, 9.17) is 9.47 Å². The van der Waals surface area contributed by atoms with Gasteiger partial charge in [0.2, 0.25) is 0 Å². The SMILES string of the molecule is C=CC(=O)OC(C)CC(C)(CC(C)OC(=O)C=C)C(=O)[O-].[NH4+]. The Kier molecular flexibility index (Phi) is 9.79. The van der Waals surface area contributed by atoms with Gasteiger partial charge in [0.25, 0.3) is 0 Å². The predicted molar refractivity (Wildman–Crippen MR) is 79.8 cm³/mol. The quantitative estimate of drug-likeness (QED) is 0.501. The zero-order valence-electron chi connectivity index (χ0n) is 13.6. The lowest BCUT2D eigenvalue weighted by Gasteiger charge is -2.34. The minimum atomic E-state index is -1.30. The number of rotatable bonds is 9. The van der Waals surface area contributed by atoms with Gasteiger partial charge < -0.3 is 25.5 Å². The molecule has 0 bridgehead atoms. The summed E-state index contributed by atoms with van der Waals surface area (Å²) in [7, 11) is 0. The Hall–Kier alpha value is -2.15. The second kappa shape index (κ2) is 9.73. The van der Waals surface area contributed by atoms with Crippen LogP contribution in [0.25, 0.3) is 0 Å². The third kappa shape index (κ3) is 7.58. The van der Waals surface area contributed by atoms with Crippen molar-refractivity contribution in [3.8, 4) is 0 Å². The molecular weight excluding hydrogens is 290 g/mol. The van der Waals surface area contributed by atoms with E-state index in [-0.39, 0.29) is 19.0 Å². The van der Waals surface area contributed by atoms with Crippen LogP contribution in [0.1, 0.15) is 33.6 Å². The van der Waals surface area contributed by atoms with Crippen LogP contribution in [-0.4, -0.2) is 30.1 Å². The fourth-order valence-electron chi connectivity index (χ4n) is 2.10. The monoisotopic (exact) mass is 315 g/mol. The molecule has 0 amide bonds. The third-order valence-corrected chi connectivity index (χ3v) is 2.94. The number of carbonyl (C=O) groups excluding carboxylic acids is 3. The minimum absolute atomic E-state index is 0. The van der Waals surface area contributed by atoms with Crippen LogP contribution >= 0.6 is 0 Å². The van der Waals surface area contributed by atoms with Crippen LogP contribution < -0.4 is 11.3 Å². The lowest BCUT2D eigenvalue weighted by atomic mass is 9.80. The Morgan fingerprint density at radius 3 is 1.59 bits per heavy atom. The van der Waals surface area contributed by atoms with E-state index < -0.39 is 35.5 Å². The largest absolute Gasteiger partial charge is 0.550 e. The van der Waals surface area contributed by atoms with Crippen LogP contribution in [0, 0.1) is 5.41 Å². The molecule has 0 radical (unpaired) electrons. The van der Waals surface area contributed by atoms with Gasteiger partial charge in [-0.2, -0.15) is 0 Å². The molecule has 4 N–H and O–H groups in total. The summed E-state index contributed by atoms with van der Waals surface area (Å²) in [5.74, 6) is -2.56. The van der Waals surface area contributed by atoms with E-state index in [2.05, 4.69) is 13.2 Å². The number of hydrogen-bond donors (Lipinski definition) is 1. The zero-order valence-corrected chi connectivity index (χ0v) is 13.6. The van der Waals surface area contributed by atoms with Gasteiger partial charge in [-0.15, -0.1) is 0 Å². The van der Waals surface area contributed by atoms with Crippen molar-refractivity contribution >= 4 is 17.9 Å². The fraction of sp³-hybridized carbons (Fsp3) is 0.533. The molecule has 0 fully saturated rings. The molecule has 0 aromatic heterocycles.